The molecule has 0 bridgehead atoms. The van der Waals surface area contributed by atoms with Gasteiger partial charge in [0.15, 0.2) is 5.16 Å². The van der Waals surface area contributed by atoms with Crippen LogP contribution in [0.5, 0.6) is 0 Å². The number of nitrogens with zero attached hydrogens (tertiary/aromatic N) is 6. The van der Waals surface area contributed by atoms with Gasteiger partial charge in [-0.2, -0.15) is 0 Å². The Morgan fingerprint density at radius 1 is 1.30 bits per heavy atom. The minimum absolute atomic E-state index is 0.0796. The maximum absolute atomic E-state index is 13.5. The van der Waals surface area contributed by atoms with Crippen LogP contribution in [0.15, 0.2) is 40.0 Å². The molecule has 0 radical (unpaired) electrons. The lowest BCUT2D eigenvalue weighted by molar-refractivity contribution is 0.0988. The van der Waals surface area contributed by atoms with Crippen molar-refractivity contribution in [3.8, 4) is 11.5 Å². The van der Waals surface area contributed by atoms with Crippen LogP contribution in [0.2, 0.25) is 0 Å². The molecule has 8 nitrogen and oxygen atoms in total. The van der Waals surface area contributed by atoms with Gasteiger partial charge >= 0.3 is 0 Å². The van der Waals surface area contributed by atoms with Crippen LogP contribution in [0.3, 0.4) is 0 Å². The third kappa shape index (κ3) is 3.23. The first-order chi connectivity index (χ1) is 14.7. The van der Waals surface area contributed by atoms with E-state index in [1.165, 1.54) is 11.8 Å². The zero-order chi connectivity index (χ0) is 20.7. The Bertz CT molecular complexity index is 1100. The van der Waals surface area contributed by atoms with Crippen molar-refractivity contribution >= 4 is 29.2 Å². The number of hydrogen-bond acceptors (Lipinski definition) is 8. The normalized spacial score (nSPS) is 18.3. The Hall–Kier alpha value is -2.94. The largest absolute Gasteiger partial charge is 0.421 e. The molecule has 0 aliphatic carbocycles. The number of aryl methyl sites for hydroxylation is 1. The molecular weight excluding hydrogens is 400 g/mol. The first-order valence-corrected chi connectivity index (χ1v) is 11.3. The molecule has 1 amide bonds. The van der Waals surface area contributed by atoms with Gasteiger partial charge in [-0.05, 0) is 37.3 Å². The molecule has 2 aliphatic heterocycles. The van der Waals surface area contributed by atoms with Crippen molar-refractivity contribution in [2.24, 2.45) is 0 Å². The number of rotatable bonds is 4. The summed E-state index contributed by atoms with van der Waals surface area (Å²) < 4.78 is 5.71. The number of carbonyl (C=O) groups is 1. The molecule has 0 spiro atoms. The molecule has 0 saturated carbocycles. The third-order valence-corrected chi connectivity index (χ3v) is 6.18. The molecule has 1 atom stereocenters. The molecule has 0 N–H and O–H groups in total. The topological polar surface area (TPSA) is 88.3 Å². The number of thioether (sulfide) groups is 1. The van der Waals surface area contributed by atoms with E-state index in [-0.39, 0.29) is 11.9 Å². The maximum atomic E-state index is 13.5. The van der Waals surface area contributed by atoms with Gasteiger partial charge in [0.1, 0.15) is 11.4 Å². The van der Waals surface area contributed by atoms with Gasteiger partial charge in [0.25, 0.3) is 5.91 Å². The van der Waals surface area contributed by atoms with Crippen LogP contribution in [0.25, 0.3) is 11.5 Å². The van der Waals surface area contributed by atoms with Crippen LogP contribution in [0.1, 0.15) is 36.0 Å². The SMILES string of the molecule is CCc1nnc(-c2cccc(N3C[C@@H]4CCCN4c4nc(SC)ncc4C3=O)c2)o1. The molecule has 1 fully saturated rings. The van der Waals surface area contributed by atoms with Crippen LogP contribution < -0.4 is 9.80 Å². The van der Waals surface area contributed by atoms with Crippen molar-refractivity contribution < 1.29 is 9.21 Å². The summed E-state index contributed by atoms with van der Waals surface area (Å²) in [6.45, 7) is 3.49. The fraction of sp³-hybridized carbons (Fsp3) is 0.381. The zero-order valence-electron chi connectivity index (χ0n) is 16.9. The Morgan fingerprint density at radius 3 is 3.00 bits per heavy atom. The van der Waals surface area contributed by atoms with Crippen LogP contribution >= 0.6 is 11.8 Å². The Labute approximate surface area is 178 Å². The van der Waals surface area contributed by atoms with E-state index in [4.69, 9.17) is 4.42 Å². The predicted molar refractivity (Wildman–Crippen MR) is 115 cm³/mol. The van der Waals surface area contributed by atoms with Gasteiger partial charge in [-0.3, -0.25) is 4.79 Å². The molecule has 2 aliphatic rings. The lowest BCUT2D eigenvalue weighted by atomic mass is 10.1. The summed E-state index contributed by atoms with van der Waals surface area (Å²) in [7, 11) is 0. The van der Waals surface area contributed by atoms with E-state index in [2.05, 4.69) is 25.1 Å². The van der Waals surface area contributed by atoms with Gasteiger partial charge in [-0.1, -0.05) is 24.8 Å². The maximum Gasteiger partial charge on any atom is 0.263 e. The van der Waals surface area contributed by atoms with E-state index in [0.717, 1.165) is 36.5 Å². The minimum atomic E-state index is -0.0796. The molecule has 9 heteroatoms. The van der Waals surface area contributed by atoms with Crippen LogP contribution in [-0.2, 0) is 6.42 Å². The summed E-state index contributed by atoms with van der Waals surface area (Å²) >= 11 is 1.49. The molecular formula is C21H22N6O2S. The van der Waals surface area contributed by atoms with E-state index in [0.29, 0.717) is 35.5 Å². The molecule has 5 rings (SSSR count). The number of benzene rings is 1. The molecule has 1 saturated heterocycles. The van der Waals surface area contributed by atoms with Crippen molar-refractivity contribution in [3.05, 3.63) is 41.9 Å². The van der Waals surface area contributed by atoms with Crippen molar-refractivity contribution in [2.45, 2.75) is 37.4 Å². The Balaban J connectivity index is 1.56. The summed E-state index contributed by atoms with van der Waals surface area (Å²) in [5, 5.41) is 8.87. The van der Waals surface area contributed by atoms with Gasteiger partial charge in [0.05, 0.1) is 0 Å². The van der Waals surface area contributed by atoms with Crippen LogP contribution in [0, 0.1) is 0 Å². The summed E-state index contributed by atoms with van der Waals surface area (Å²) in [5.41, 5.74) is 2.16. The van der Waals surface area contributed by atoms with Crippen LogP contribution in [0.4, 0.5) is 11.5 Å². The molecule has 3 aromatic rings. The second-order valence-electron chi connectivity index (χ2n) is 7.40. The lowest BCUT2D eigenvalue weighted by Gasteiger charge is -2.27. The van der Waals surface area contributed by atoms with Gasteiger partial charge in [0, 0.05) is 43.0 Å². The third-order valence-electron chi connectivity index (χ3n) is 5.62. The Kier molecular flexibility index (Phi) is 4.90. The number of aromatic nitrogens is 4. The van der Waals surface area contributed by atoms with E-state index < -0.39 is 0 Å². The van der Waals surface area contributed by atoms with E-state index in [1.54, 1.807) is 6.20 Å². The summed E-state index contributed by atoms with van der Waals surface area (Å²) in [4.78, 5) is 26.7. The number of fused-ring (bicyclic) bond motifs is 3. The van der Waals surface area contributed by atoms with Gasteiger partial charge < -0.3 is 14.2 Å². The second-order valence-corrected chi connectivity index (χ2v) is 8.18. The fourth-order valence-electron chi connectivity index (χ4n) is 4.11. The summed E-state index contributed by atoms with van der Waals surface area (Å²) in [6, 6.07) is 7.95. The number of anilines is 2. The first-order valence-electron chi connectivity index (χ1n) is 10.1. The zero-order valence-corrected chi connectivity index (χ0v) is 17.7. The van der Waals surface area contributed by atoms with E-state index in [1.807, 2.05) is 42.3 Å². The smallest absolute Gasteiger partial charge is 0.263 e. The molecule has 154 valence electrons. The summed E-state index contributed by atoms with van der Waals surface area (Å²) in [5.74, 6) is 1.74. The lowest BCUT2D eigenvalue weighted by Crippen LogP contribution is -2.39. The average molecular weight is 423 g/mol. The van der Waals surface area contributed by atoms with E-state index in [9.17, 15) is 4.79 Å². The van der Waals surface area contributed by atoms with Crippen molar-refractivity contribution in [1.82, 2.24) is 20.2 Å². The van der Waals surface area contributed by atoms with Gasteiger partial charge in [0.2, 0.25) is 11.8 Å². The highest BCUT2D eigenvalue weighted by atomic mass is 32.2. The second kappa shape index (κ2) is 7.71. The molecule has 2 aromatic heterocycles. The number of amides is 1. The van der Waals surface area contributed by atoms with Gasteiger partial charge in [-0.15, -0.1) is 10.2 Å². The molecule has 30 heavy (non-hydrogen) atoms. The first kappa shape index (κ1) is 19.0. The quantitative estimate of drug-likeness (QED) is 0.467. The Morgan fingerprint density at radius 2 is 2.20 bits per heavy atom. The molecule has 0 unspecified atom stereocenters. The summed E-state index contributed by atoms with van der Waals surface area (Å²) in [6.07, 6.45) is 6.42. The highest BCUT2D eigenvalue weighted by Gasteiger charge is 2.37. The van der Waals surface area contributed by atoms with Crippen molar-refractivity contribution in [2.75, 3.05) is 29.1 Å². The van der Waals surface area contributed by atoms with Crippen molar-refractivity contribution in [3.63, 3.8) is 0 Å². The highest BCUT2D eigenvalue weighted by Crippen LogP contribution is 2.35. The minimum Gasteiger partial charge on any atom is -0.421 e. The highest BCUT2D eigenvalue weighted by molar-refractivity contribution is 7.98. The molecule has 1 aromatic carbocycles. The fourth-order valence-corrected chi connectivity index (χ4v) is 4.45. The monoisotopic (exact) mass is 422 g/mol. The number of hydrogen-bond donors (Lipinski definition) is 0. The predicted octanol–water partition coefficient (Wildman–Crippen LogP) is 3.44. The van der Waals surface area contributed by atoms with E-state index >= 15 is 0 Å². The average Bonchev–Trinajstić information content (AvgIpc) is 3.44. The van der Waals surface area contributed by atoms with Crippen molar-refractivity contribution in [1.29, 1.82) is 0 Å². The van der Waals surface area contributed by atoms with Gasteiger partial charge in [-0.25, -0.2) is 9.97 Å². The standard InChI is InChI=1S/C21H22N6O2S/c1-3-17-24-25-19(29-17)13-6-4-7-14(10-13)27-12-15-8-5-9-26(15)18-16(20(27)28)11-22-21(23-18)30-2/h4,6-7,10-11,15H,3,5,8-9,12H2,1-2H3/t15-/m0/s1. The number of carbonyl (C=O) groups excluding carboxylic acids is 1. The molecule has 4 heterocycles. The van der Waals surface area contributed by atoms with Crippen LogP contribution in [-0.4, -0.2) is 51.5 Å².